The van der Waals surface area contributed by atoms with Crippen molar-refractivity contribution in [3.8, 4) is 12.8 Å². The third-order valence-electron chi connectivity index (χ3n) is 6.79. The molecule has 2 heterocycles. The number of aliphatic carboxylic acids is 4. The van der Waals surface area contributed by atoms with E-state index in [1.165, 1.54) is 20.2 Å². The number of rotatable bonds is 18. The number of ether oxygens (including phenoxy) is 3. The van der Waals surface area contributed by atoms with Gasteiger partial charge in [-0.1, -0.05) is 78.7 Å². The first-order valence-electron chi connectivity index (χ1n) is 22.9. The first kappa shape index (κ1) is 118. The van der Waals surface area contributed by atoms with Crippen molar-refractivity contribution in [1.82, 2.24) is 10.1 Å². The number of aliphatic hydroxyl groups is 1. The number of esters is 3. The van der Waals surface area contributed by atoms with Crippen LogP contribution in [-0.2, 0) is 107 Å². The molecule has 0 spiro atoms. The van der Waals surface area contributed by atoms with Gasteiger partial charge in [0.25, 0.3) is 23.6 Å². The van der Waals surface area contributed by atoms with Gasteiger partial charge in [-0.3, -0.25) is 67.5 Å². The molecular formula is C49H93Cl5N2O28S2. The molecule has 0 bridgehead atoms. The highest BCUT2D eigenvalue weighted by Crippen LogP contribution is 2.14. The number of carbonyl (C=O) groups excluding carboxylic acids is 10. The number of carboxylic acids is 4. The molecule has 4 unspecified atom stereocenters. The van der Waals surface area contributed by atoms with E-state index in [0.717, 1.165) is 0 Å². The van der Waals surface area contributed by atoms with E-state index in [-0.39, 0.29) is 160 Å². The smallest absolute Gasteiger partial charge is 0.336 e. The Labute approximate surface area is 537 Å². The Morgan fingerprint density at radius 3 is 0.895 bits per heavy atom. The Morgan fingerprint density at radius 2 is 0.756 bits per heavy atom. The van der Waals surface area contributed by atoms with Crippen LogP contribution < -0.4 is 0 Å². The van der Waals surface area contributed by atoms with Crippen molar-refractivity contribution in [2.45, 2.75) is 221 Å². The number of halogens is 5. The lowest BCUT2D eigenvalue weighted by atomic mass is 10.3. The molecule has 4 amide bonds. The van der Waals surface area contributed by atoms with Gasteiger partial charge in [-0.15, -0.1) is 30.3 Å². The van der Waals surface area contributed by atoms with E-state index >= 15 is 0 Å². The van der Waals surface area contributed by atoms with Crippen LogP contribution >= 0.6 is 57.0 Å². The summed E-state index contributed by atoms with van der Waals surface area (Å²) in [6.45, 7) is 16.1. The van der Waals surface area contributed by atoms with E-state index in [2.05, 4.69) is 32.6 Å². The summed E-state index contributed by atoms with van der Waals surface area (Å²) in [5.74, 6) is -7.64. The van der Waals surface area contributed by atoms with Crippen LogP contribution in [0.1, 0.15) is 198 Å². The average molecular weight is 1400 g/mol. The zero-order valence-electron chi connectivity index (χ0n) is 46.7. The highest BCUT2D eigenvalue weighted by molar-refractivity contribution is 8.26. The van der Waals surface area contributed by atoms with Crippen molar-refractivity contribution in [2.75, 3.05) is 0 Å². The highest BCUT2D eigenvalue weighted by Gasteiger charge is 2.33. The van der Waals surface area contributed by atoms with E-state index in [1.54, 1.807) is 55.4 Å². The van der Waals surface area contributed by atoms with Crippen LogP contribution in [0.5, 0.6) is 0 Å². The summed E-state index contributed by atoms with van der Waals surface area (Å²) in [7, 11) is 7.36. The summed E-state index contributed by atoms with van der Waals surface area (Å²) in [4.78, 5) is 149. The molecule has 30 nitrogen and oxygen atoms in total. The second kappa shape index (κ2) is 83.5. The first-order valence-corrected chi connectivity index (χ1v) is 26.6. The molecule has 2 fully saturated rings. The fourth-order valence-corrected chi connectivity index (χ4v) is 3.39. The number of hydrogen-bond donors (Lipinski definition) is 6. The summed E-state index contributed by atoms with van der Waals surface area (Å²) in [5.41, 5.74) is 0. The van der Waals surface area contributed by atoms with Crippen LogP contribution in [-0.4, -0.2) is 165 Å². The minimum atomic E-state index is -1.67. The van der Waals surface area contributed by atoms with Gasteiger partial charge in [0.05, 0.1) is 31.8 Å². The normalized spacial score (nSPS) is 11.6. The van der Waals surface area contributed by atoms with E-state index in [9.17, 15) is 67.1 Å². The van der Waals surface area contributed by atoms with Gasteiger partial charge in [0.1, 0.15) is 19.7 Å². The SMILES string of the molecule is C.C.C.C.C.CC(O)CC(=O)O.CCC(=O)Cl.CCC(=O)Cl.CCC(=O)O.CCC(=O)OC(C)CC(=O)O.CCC(=O)OC(C)CC(=O)O.CCC(=O)OC(C)CC(=O)ON1C(=O)CCC1=O.Cl.O.O=C1CCC(=O)N1O.O=S(Cl)Cl.O=S=O.[2H]C#C. The Morgan fingerprint density at radius 1 is 0.547 bits per heavy atom. The highest BCUT2D eigenvalue weighted by atomic mass is 36.0. The van der Waals surface area contributed by atoms with Crippen molar-refractivity contribution in [1.29, 1.82) is 0 Å². The molecule has 0 aromatic carbocycles. The lowest BCUT2D eigenvalue weighted by Gasteiger charge is -2.15. The molecule has 0 aromatic heterocycles. The zero-order chi connectivity index (χ0) is 65.3. The summed E-state index contributed by atoms with van der Waals surface area (Å²) in [5, 5.41) is 49.0. The molecule has 0 saturated carbocycles. The maximum absolute atomic E-state index is 11.4. The second-order valence-corrected chi connectivity index (χ2v) is 17.4. The van der Waals surface area contributed by atoms with Crippen LogP contribution in [0.4, 0.5) is 0 Å². The molecule has 0 aliphatic carbocycles. The van der Waals surface area contributed by atoms with Crippen LogP contribution in [0.15, 0.2) is 0 Å². The van der Waals surface area contributed by atoms with Gasteiger partial charge in [-0.2, -0.15) is 13.5 Å². The third-order valence-corrected chi connectivity index (χ3v) is 7.33. The molecule has 2 saturated heterocycles. The monoisotopic (exact) mass is 1400 g/mol. The van der Waals surface area contributed by atoms with Gasteiger partial charge in [0.15, 0.2) is 0 Å². The van der Waals surface area contributed by atoms with Crippen molar-refractivity contribution in [3.63, 3.8) is 0 Å². The maximum Gasteiger partial charge on any atom is 0.336 e. The lowest BCUT2D eigenvalue weighted by molar-refractivity contribution is -0.199. The van der Waals surface area contributed by atoms with Crippen molar-refractivity contribution in [3.05, 3.63) is 0 Å². The standard InChI is InChI=1S/C11H15NO6.2C7H12O4.C4H5NO3.C4H8O3.2C3H5ClO.C3H6O2.C2H2.5CH4.Cl2OS.ClH.O2S.H2O/c1-3-10(15)17-7(2)6-11(16)18-12-8(13)4-5-9(12)14;2*1-3-7(10)11-5(2)4-6(8)9;6-3-1-2-4(7)5(3)8;1-3(5)2-4(6)7;3*1-2-3(4)5;1-2;;;;;;1-4(2)3;;1-3-2;/h7H,3-6H2,1-2H3;2*5H,3-4H2,1-2H3,(H,8,9);8H,1-2H2;3,5H,2H2,1H3,(H,6,7);2*2H2,1H3;2H2,1H3,(H,4,5);1-2H;5*1H4;;1H;;1H2/i;;;;;;;;1D;;;;;;;;;. The van der Waals surface area contributed by atoms with Crippen LogP contribution in [0, 0.1) is 12.8 Å². The van der Waals surface area contributed by atoms with Gasteiger partial charge in [-0.05, 0) is 50.9 Å². The Balaban J connectivity index is -0.0000000472. The second-order valence-electron chi connectivity index (χ2n) is 13.9. The van der Waals surface area contributed by atoms with E-state index < -0.39 is 105 Å². The molecule has 2 aliphatic heterocycles. The third kappa shape index (κ3) is 113. The van der Waals surface area contributed by atoms with E-state index in [4.69, 9.17) is 82.1 Å². The van der Waals surface area contributed by atoms with Gasteiger partial charge in [-0.25, -0.2) is 9.00 Å². The van der Waals surface area contributed by atoms with E-state index in [0.29, 0.717) is 17.9 Å². The predicted molar refractivity (Wildman–Crippen MR) is 324 cm³/mol. The molecule has 86 heavy (non-hydrogen) atoms. The van der Waals surface area contributed by atoms with E-state index in [1.807, 2.05) is 0 Å². The average Bonchev–Trinajstić information content (AvgIpc) is 3.81. The number of amides is 4. The molecule has 2 rings (SSSR count). The number of carboxylic acid groups (broad SMARTS) is 4. The maximum atomic E-state index is 11.4. The molecule has 0 aromatic rings. The number of imide groups is 2. The van der Waals surface area contributed by atoms with Gasteiger partial charge in [0.2, 0.25) is 19.7 Å². The molecule has 0 radical (unpaired) electrons. The van der Waals surface area contributed by atoms with Crippen molar-refractivity contribution < 1.29 is 136 Å². The minimum absolute atomic E-state index is 0. The molecular weight excluding hydrogens is 1310 g/mol. The van der Waals surface area contributed by atoms with Crippen molar-refractivity contribution in [2.24, 2.45) is 0 Å². The largest absolute Gasteiger partial charge is 0.481 e. The molecule has 514 valence electrons. The lowest BCUT2D eigenvalue weighted by Crippen LogP contribution is -2.33. The van der Waals surface area contributed by atoms with Gasteiger partial charge < -0.3 is 50.1 Å². The number of hydroxylamine groups is 4. The zero-order valence-corrected chi connectivity index (χ0v) is 51.1. The quantitative estimate of drug-likeness (QED) is 0.0193. The number of hydrogen-bond acceptors (Lipinski definition) is 23. The summed E-state index contributed by atoms with van der Waals surface area (Å²) >= 11 is 8.90. The van der Waals surface area contributed by atoms with Gasteiger partial charge >= 0.3 is 59.3 Å². The van der Waals surface area contributed by atoms with Crippen LogP contribution in [0.2, 0.25) is 0 Å². The Bertz CT molecular complexity index is 1910. The summed E-state index contributed by atoms with van der Waals surface area (Å²) < 4.78 is 45.6. The van der Waals surface area contributed by atoms with Crippen molar-refractivity contribution >= 4 is 160 Å². The minimum Gasteiger partial charge on any atom is -0.481 e. The molecule has 37 heteroatoms. The summed E-state index contributed by atoms with van der Waals surface area (Å²) in [6, 6.07) is 0. The molecule has 4 atom stereocenters. The fourth-order valence-electron chi connectivity index (χ4n) is 3.39. The predicted octanol–water partition coefficient (Wildman–Crippen LogP) is 7.50. The number of carbonyl (C=O) groups is 14. The Hall–Kier alpha value is -5.76. The van der Waals surface area contributed by atoms with Crippen LogP contribution in [0.25, 0.3) is 0 Å². The summed E-state index contributed by atoms with van der Waals surface area (Å²) in [6.07, 6.45) is 4.94. The fraction of sp³-hybridized carbons (Fsp3) is 0.673. The molecule has 8 N–H and O–H groups in total. The number of terminal acetylenes is 1. The number of aliphatic hydroxyl groups excluding tert-OH is 1. The topological polar surface area (TPSA) is 486 Å². The Kier molecular flexibility index (Phi) is 115. The number of nitrogens with zero attached hydrogens (tertiary/aromatic N) is 2. The molecule has 2 aliphatic rings. The van der Waals surface area contributed by atoms with Crippen LogP contribution in [0.3, 0.4) is 0 Å². The first-order chi connectivity index (χ1) is 36.8. The van der Waals surface area contributed by atoms with Gasteiger partial charge in [0, 0.05) is 85.6 Å².